The average molecular weight is 83.1 g/mol. The number of hydrogen-bond acceptors (Lipinski definition) is 1. The van der Waals surface area contributed by atoms with E-state index in [1.807, 2.05) is 0 Å². The fourth-order valence-corrected chi connectivity index (χ4v) is 0.234. The molecule has 2 heteroatoms. The predicted molar refractivity (Wildman–Crippen MR) is 21.0 cm³/mol. The van der Waals surface area contributed by atoms with Crippen molar-refractivity contribution in [3.8, 4) is 0 Å². The average Bonchev–Trinajstić information content (AvgIpc) is 1.86. The van der Waals surface area contributed by atoms with E-state index in [2.05, 4.69) is 10.4 Å². The van der Waals surface area contributed by atoms with Crippen LogP contribution in [0.3, 0.4) is 0 Å². The van der Waals surface area contributed by atoms with Crippen LogP contribution in [0.25, 0.3) is 0 Å². The Hall–Kier alpha value is -1.01. The van der Waals surface area contributed by atoms with E-state index >= 15 is 0 Å². The van der Waals surface area contributed by atoms with Crippen molar-refractivity contribution in [1.29, 1.82) is 0 Å². The molecule has 6 heavy (non-hydrogen) atoms. The number of rotatable bonds is 0. The molecule has 0 saturated heterocycles. The Balaban J connectivity index is 2.88. The Kier molecular flexibility index (Phi) is 0.529. The molecule has 0 fully saturated rings. The van der Waals surface area contributed by atoms with Crippen LogP contribution >= 0.6 is 0 Å². The molecule has 1 aliphatic heterocycles. The molecular weight excluding hydrogens is 80.0 g/mol. The third-order valence-electron chi connectivity index (χ3n) is 0.457. The summed E-state index contributed by atoms with van der Waals surface area (Å²) in [5.41, 5.74) is 0. The van der Waals surface area contributed by atoms with Crippen molar-refractivity contribution in [3.05, 3.63) is 18.1 Å². The summed E-state index contributed by atoms with van der Waals surface area (Å²) < 4.78 is 4.26. The molecule has 30 valence electrons. The topological polar surface area (TPSA) is 31.5 Å². The third kappa shape index (κ3) is 0.330. The molecule has 0 aromatic carbocycles. The van der Waals surface area contributed by atoms with E-state index in [0.717, 1.165) is 0 Å². The van der Waals surface area contributed by atoms with Crippen LogP contribution in [0, 0.1) is 0 Å². The summed E-state index contributed by atoms with van der Waals surface area (Å²) in [6, 6.07) is 0. The van der Waals surface area contributed by atoms with E-state index in [4.69, 9.17) is 5.11 Å². The van der Waals surface area contributed by atoms with Gasteiger partial charge in [-0.2, -0.15) is 0 Å². The molecule has 0 spiro atoms. The molecule has 2 nitrogen and oxygen atoms in total. The van der Waals surface area contributed by atoms with Gasteiger partial charge in [0.05, 0.1) is 12.2 Å². The monoisotopic (exact) mass is 83.0 g/mol. The van der Waals surface area contributed by atoms with Crippen LogP contribution in [0.4, 0.5) is 0 Å². The van der Waals surface area contributed by atoms with Gasteiger partial charge in [-0.05, 0) is 0 Å². The maximum atomic E-state index is 8.27. The fourth-order valence-electron chi connectivity index (χ4n) is 0.234. The first-order valence-corrected chi connectivity index (χ1v) is 1.54. The number of aliphatic hydroxyl groups excluding tert-OH is 1. The van der Waals surface area contributed by atoms with E-state index in [9.17, 15) is 0 Å². The zero-order valence-electron chi connectivity index (χ0n) is 3.01. The molecule has 1 aliphatic rings. The smallest absolute Gasteiger partial charge is 0.334 e. The second kappa shape index (κ2) is 0.994. The molecule has 0 atom stereocenters. The minimum absolute atomic E-state index is 0.0880. The molecular formula is C4H3O2+. The van der Waals surface area contributed by atoms with Crippen molar-refractivity contribution in [2.45, 2.75) is 0 Å². The first-order chi connectivity index (χ1) is 2.89. The highest BCUT2D eigenvalue weighted by Crippen LogP contribution is 1.86. The van der Waals surface area contributed by atoms with Gasteiger partial charge in [-0.25, -0.2) is 4.42 Å². The normalized spacial score (nSPS) is 15.7. The van der Waals surface area contributed by atoms with Crippen LogP contribution in [0.15, 0.2) is 18.1 Å². The van der Waals surface area contributed by atoms with Crippen LogP contribution in [0.2, 0.25) is 0 Å². The van der Waals surface area contributed by atoms with Gasteiger partial charge in [-0.15, -0.1) is 0 Å². The lowest BCUT2D eigenvalue weighted by molar-refractivity contribution is 0.0755. The molecule has 0 saturated carbocycles. The summed E-state index contributed by atoms with van der Waals surface area (Å²) in [5, 5.41) is 8.27. The second-order valence-electron chi connectivity index (χ2n) is 0.891. The summed E-state index contributed by atoms with van der Waals surface area (Å²) in [6.07, 6.45) is 2.91. The van der Waals surface area contributed by atoms with Gasteiger partial charge in [0.15, 0.2) is 0 Å². The Morgan fingerprint density at radius 3 is 2.83 bits per heavy atom. The fraction of sp³-hybridized carbons (Fsp3) is 0. The molecule has 0 amide bonds. The molecule has 0 aliphatic carbocycles. The highest BCUT2D eigenvalue weighted by Gasteiger charge is 1.99. The van der Waals surface area contributed by atoms with Crippen LogP contribution in [-0.4, -0.2) is 11.0 Å². The zero-order chi connectivity index (χ0) is 4.41. The lowest BCUT2D eigenvalue weighted by atomic mass is 10.6. The van der Waals surface area contributed by atoms with Crippen molar-refractivity contribution < 1.29 is 9.53 Å². The second-order valence-corrected chi connectivity index (χ2v) is 0.891. The van der Waals surface area contributed by atoms with Gasteiger partial charge in [-0.1, -0.05) is 0 Å². The van der Waals surface area contributed by atoms with Gasteiger partial charge in [0.25, 0.3) is 0 Å². The van der Waals surface area contributed by atoms with Gasteiger partial charge in [0.1, 0.15) is 0 Å². The van der Waals surface area contributed by atoms with E-state index in [1.54, 1.807) is 0 Å². The van der Waals surface area contributed by atoms with Crippen LogP contribution < -0.4 is 0 Å². The Morgan fingerprint density at radius 2 is 2.67 bits per heavy atom. The van der Waals surface area contributed by atoms with E-state index in [1.165, 1.54) is 12.2 Å². The van der Waals surface area contributed by atoms with E-state index in [-0.39, 0.29) is 5.95 Å². The Bertz CT molecular complexity index is 138. The minimum atomic E-state index is -0.0880. The van der Waals surface area contributed by atoms with Crippen LogP contribution in [0.5, 0.6) is 0 Å². The summed E-state index contributed by atoms with van der Waals surface area (Å²) >= 11 is 0. The van der Waals surface area contributed by atoms with Gasteiger partial charge < -0.3 is 5.11 Å². The lowest BCUT2D eigenvalue weighted by Crippen LogP contribution is -1.68. The van der Waals surface area contributed by atoms with Gasteiger partial charge in [0.2, 0.25) is 5.94 Å². The Morgan fingerprint density at radius 1 is 1.83 bits per heavy atom. The van der Waals surface area contributed by atoms with Crippen molar-refractivity contribution in [3.63, 3.8) is 0 Å². The molecule has 1 rings (SSSR count). The molecule has 0 unspecified atom stereocenters. The highest BCUT2D eigenvalue weighted by atomic mass is 16.5. The molecule has 1 N–H and O–H groups in total. The number of carbonyl (C=O) groups excluding carboxylic acids is 1. The molecule has 0 bridgehead atoms. The van der Waals surface area contributed by atoms with Gasteiger partial charge in [-0.3, -0.25) is 0 Å². The first kappa shape index (κ1) is 3.19. The summed E-state index contributed by atoms with van der Waals surface area (Å²) in [7, 11) is 0. The quantitative estimate of drug-likeness (QED) is 0.332. The number of aliphatic hydroxyl groups is 1. The first-order valence-electron chi connectivity index (χ1n) is 1.54. The van der Waals surface area contributed by atoms with E-state index in [0.29, 0.717) is 0 Å². The van der Waals surface area contributed by atoms with Crippen molar-refractivity contribution in [1.82, 2.24) is 0 Å². The summed E-state index contributed by atoms with van der Waals surface area (Å²) in [6.45, 7) is 0. The number of allylic oxidation sites excluding steroid dienone is 2. The van der Waals surface area contributed by atoms with Crippen LogP contribution in [0.1, 0.15) is 0 Å². The minimum Gasteiger partial charge on any atom is -0.334 e. The largest absolute Gasteiger partial charge is 0.526 e. The number of hydrogen-bond donors (Lipinski definition) is 1. The SMILES string of the molecule is OC1=CC=C=[O+]1. The highest BCUT2D eigenvalue weighted by molar-refractivity contribution is 5.52. The predicted octanol–water partition coefficient (Wildman–Crippen LogP) is 0.323. The van der Waals surface area contributed by atoms with Gasteiger partial charge >= 0.3 is 5.95 Å². The van der Waals surface area contributed by atoms with Crippen molar-refractivity contribution in [2.24, 2.45) is 0 Å². The maximum absolute atomic E-state index is 8.27. The van der Waals surface area contributed by atoms with Crippen LogP contribution in [-0.2, 0) is 4.42 Å². The summed E-state index contributed by atoms with van der Waals surface area (Å²) in [5.74, 6) is 2.22. The van der Waals surface area contributed by atoms with Gasteiger partial charge in [0, 0.05) is 0 Å². The molecule has 0 aromatic heterocycles. The molecule has 0 radical (unpaired) electrons. The zero-order valence-corrected chi connectivity index (χ0v) is 3.01. The summed E-state index contributed by atoms with van der Waals surface area (Å²) in [4.78, 5) is 0. The lowest BCUT2D eigenvalue weighted by Gasteiger charge is -1.56. The molecule has 1 heterocycles. The standard InChI is InChI=1S/C4H2O2/c5-4-2-1-3-6-4/h1-2H/p+1. The van der Waals surface area contributed by atoms with Crippen molar-refractivity contribution >= 4 is 5.94 Å². The Labute approximate surface area is 34.7 Å². The van der Waals surface area contributed by atoms with E-state index < -0.39 is 0 Å². The third-order valence-corrected chi connectivity index (χ3v) is 0.457. The van der Waals surface area contributed by atoms with Crippen molar-refractivity contribution in [2.75, 3.05) is 0 Å². The maximum Gasteiger partial charge on any atom is 0.526 e. The molecule has 0 aromatic rings.